The Morgan fingerprint density at radius 3 is 2.67 bits per heavy atom. The van der Waals surface area contributed by atoms with Gasteiger partial charge in [0.05, 0.1) is 5.60 Å². The van der Waals surface area contributed by atoms with Gasteiger partial charge >= 0.3 is 0 Å². The number of halogens is 1. The van der Waals surface area contributed by atoms with E-state index in [9.17, 15) is 14.0 Å². The van der Waals surface area contributed by atoms with Crippen molar-refractivity contribution < 1.29 is 18.7 Å². The fourth-order valence-electron chi connectivity index (χ4n) is 1.96. The molecule has 21 heavy (non-hydrogen) atoms. The zero-order valence-electron chi connectivity index (χ0n) is 12.0. The fraction of sp³-hybridized carbons (Fsp3) is 0.429. The number of hydrogen-bond acceptors (Lipinski definition) is 4. The molecule has 0 aliphatic carbocycles. The molecule has 1 heterocycles. The number of amides is 2. The second-order valence-corrected chi connectivity index (χ2v) is 5.39. The Bertz CT molecular complexity index is 585. The van der Waals surface area contributed by atoms with Crippen LogP contribution in [0.2, 0.25) is 0 Å². The summed E-state index contributed by atoms with van der Waals surface area (Å²) in [5.41, 5.74) is 5.24. The van der Waals surface area contributed by atoms with Gasteiger partial charge in [0.1, 0.15) is 12.4 Å². The predicted molar refractivity (Wildman–Crippen MR) is 75.5 cm³/mol. The Kier molecular flexibility index (Phi) is 4.24. The lowest BCUT2D eigenvalue weighted by molar-refractivity contribution is -0.130. The summed E-state index contributed by atoms with van der Waals surface area (Å²) in [6.07, 6.45) is 0. The van der Waals surface area contributed by atoms with Crippen molar-refractivity contribution in [2.24, 2.45) is 5.73 Å². The van der Waals surface area contributed by atoms with Gasteiger partial charge in [-0.15, -0.1) is 0 Å². The number of anilines is 1. The molecular formula is C14H18FN3O3. The van der Waals surface area contributed by atoms with E-state index in [2.05, 4.69) is 10.6 Å². The van der Waals surface area contributed by atoms with Crippen molar-refractivity contribution in [3.05, 3.63) is 29.1 Å². The number of hydrogen-bond donors (Lipinski definition) is 3. The number of carbonyl (C=O) groups excluding carboxylic acids is 2. The highest BCUT2D eigenvalue weighted by molar-refractivity contribution is 5.97. The van der Waals surface area contributed by atoms with E-state index < -0.39 is 17.6 Å². The van der Waals surface area contributed by atoms with E-state index in [4.69, 9.17) is 10.5 Å². The van der Waals surface area contributed by atoms with E-state index in [0.717, 1.165) is 6.07 Å². The summed E-state index contributed by atoms with van der Waals surface area (Å²) in [5.74, 6) is -1.77. The normalized spacial score (nSPS) is 16.1. The highest BCUT2D eigenvalue weighted by Crippen LogP contribution is 2.21. The second-order valence-electron chi connectivity index (χ2n) is 5.39. The molecule has 0 bridgehead atoms. The van der Waals surface area contributed by atoms with Crippen LogP contribution in [0.3, 0.4) is 0 Å². The van der Waals surface area contributed by atoms with Crippen molar-refractivity contribution in [3.8, 4) is 0 Å². The first-order valence-electron chi connectivity index (χ1n) is 6.55. The maximum Gasteiger partial charge on any atom is 0.250 e. The van der Waals surface area contributed by atoms with Gasteiger partial charge in [0.15, 0.2) is 0 Å². The van der Waals surface area contributed by atoms with Crippen molar-refractivity contribution in [1.82, 2.24) is 5.32 Å². The van der Waals surface area contributed by atoms with Gasteiger partial charge in [0, 0.05) is 29.9 Å². The second kappa shape index (κ2) is 5.79. The number of rotatable bonds is 5. The van der Waals surface area contributed by atoms with E-state index in [0.29, 0.717) is 13.1 Å². The van der Waals surface area contributed by atoms with E-state index >= 15 is 0 Å². The number of benzene rings is 1. The Morgan fingerprint density at radius 2 is 2.14 bits per heavy atom. The van der Waals surface area contributed by atoms with Crippen LogP contribution in [-0.2, 0) is 9.53 Å². The average Bonchev–Trinajstić information content (AvgIpc) is 2.39. The van der Waals surface area contributed by atoms with E-state index in [1.165, 1.54) is 13.0 Å². The predicted octanol–water partition coefficient (Wildman–Crippen LogP) is 0.550. The van der Waals surface area contributed by atoms with Crippen LogP contribution in [0.1, 0.15) is 22.8 Å². The Hall–Kier alpha value is -1.99. The van der Waals surface area contributed by atoms with Gasteiger partial charge < -0.3 is 21.1 Å². The zero-order valence-corrected chi connectivity index (χ0v) is 12.0. The minimum Gasteiger partial charge on any atom is -0.366 e. The van der Waals surface area contributed by atoms with Gasteiger partial charge in [0.25, 0.3) is 0 Å². The van der Waals surface area contributed by atoms with Crippen molar-refractivity contribution in [3.63, 3.8) is 0 Å². The third-order valence-electron chi connectivity index (χ3n) is 3.45. The lowest BCUT2D eigenvalue weighted by Gasteiger charge is -2.38. The summed E-state index contributed by atoms with van der Waals surface area (Å²) in [5, 5.41) is 5.59. The smallest absolute Gasteiger partial charge is 0.250 e. The molecule has 0 radical (unpaired) electrons. The molecule has 1 aromatic carbocycles. The van der Waals surface area contributed by atoms with Crippen molar-refractivity contribution >= 4 is 17.5 Å². The van der Waals surface area contributed by atoms with E-state index in [1.807, 2.05) is 6.92 Å². The van der Waals surface area contributed by atoms with Gasteiger partial charge in [-0.25, -0.2) is 4.39 Å². The molecule has 0 aromatic heterocycles. The van der Waals surface area contributed by atoms with Crippen LogP contribution in [0.25, 0.3) is 0 Å². The first-order chi connectivity index (χ1) is 9.81. The summed E-state index contributed by atoms with van der Waals surface area (Å²) in [6.45, 7) is 4.64. The third-order valence-corrected chi connectivity index (χ3v) is 3.45. The molecule has 0 atom stereocenters. The molecule has 1 aromatic rings. The molecule has 0 spiro atoms. The van der Waals surface area contributed by atoms with Gasteiger partial charge in [0.2, 0.25) is 11.8 Å². The van der Waals surface area contributed by atoms with Crippen LogP contribution < -0.4 is 16.4 Å². The molecule has 0 saturated carbocycles. The van der Waals surface area contributed by atoms with Crippen LogP contribution in [0, 0.1) is 12.7 Å². The molecule has 1 saturated heterocycles. The first-order valence-corrected chi connectivity index (χ1v) is 6.55. The number of ether oxygens (including phenoxy) is 1. The van der Waals surface area contributed by atoms with Gasteiger partial charge in [-0.2, -0.15) is 0 Å². The SMILES string of the molecule is Cc1c(F)cc(C(N)=O)cc1NC(=O)COC1(C)CNC1. The molecule has 6 nitrogen and oxygen atoms in total. The molecule has 114 valence electrons. The van der Waals surface area contributed by atoms with Crippen molar-refractivity contribution in [1.29, 1.82) is 0 Å². The topological polar surface area (TPSA) is 93.5 Å². The number of primary amides is 1. The molecule has 1 aliphatic heterocycles. The van der Waals surface area contributed by atoms with Crippen LogP contribution >= 0.6 is 0 Å². The lowest BCUT2D eigenvalue weighted by Crippen LogP contribution is -2.59. The van der Waals surface area contributed by atoms with Gasteiger partial charge in [-0.05, 0) is 26.0 Å². The highest BCUT2D eigenvalue weighted by atomic mass is 19.1. The maximum atomic E-state index is 13.7. The van der Waals surface area contributed by atoms with Crippen molar-refractivity contribution in [2.45, 2.75) is 19.4 Å². The lowest BCUT2D eigenvalue weighted by atomic mass is 10.0. The molecule has 1 fully saturated rings. The molecule has 0 unspecified atom stereocenters. The fourth-order valence-corrected chi connectivity index (χ4v) is 1.96. The summed E-state index contributed by atoms with van der Waals surface area (Å²) >= 11 is 0. The largest absolute Gasteiger partial charge is 0.366 e. The Morgan fingerprint density at radius 1 is 1.48 bits per heavy atom. The van der Waals surface area contributed by atoms with Crippen LogP contribution in [0.5, 0.6) is 0 Å². The van der Waals surface area contributed by atoms with E-state index in [1.54, 1.807) is 0 Å². The summed E-state index contributed by atoms with van der Waals surface area (Å²) in [4.78, 5) is 23.0. The minimum absolute atomic E-state index is 0.00414. The summed E-state index contributed by atoms with van der Waals surface area (Å²) in [6, 6.07) is 2.40. The maximum absolute atomic E-state index is 13.7. The molecule has 4 N–H and O–H groups in total. The van der Waals surface area contributed by atoms with Crippen LogP contribution in [0.15, 0.2) is 12.1 Å². The molecule has 1 aliphatic rings. The number of nitrogens with two attached hydrogens (primary N) is 1. The standard InChI is InChI=1S/C14H18FN3O3/c1-8-10(15)3-9(13(16)20)4-11(8)18-12(19)5-21-14(2)6-17-7-14/h3-4,17H,5-7H2,1-2H3,(H2,16,20)(H,18,19). The molecule has 7 heteroatoms. The van der Waals surface area contributed by atoms with Crippen molar-refractivity contribution in [2.75, 3.05) is 25.0 Å². The van der Waals surface area contributed by atoms with Crippen LogP contribution in [-0.4, -0.2) is 37.1 Å². The molecular weight excluding hydrogens is 277 g/mol. The summed E-state index contributed by atoms with van der Waals surface area (Å²) in [7, 11) is 0. The molecule has 2 amide bonds. The van der Waals surface area contributed by atoms with Gasteiger partial charge in [-0.3, -0.25) is 9.59 Å². The minimum atomic E-state index is -0.756. The zero-order chi connectivity index (χ0) is 15.6. The quantitative estimate of drug-likeness (QED) is 0.739. The highest BCUT2D eigenvalue weighted by Gasteiger charge is 2.33. The monoisotopic (exact) mass is 295 g/mol. The Balaban J connectivity index is 2.04. The third kappa shape index (κ3) is 3.56. The average molecular weight is 295 g/mol. The molecule has 2 rings (SSSR count). The van der Waals surface area contributed by atoms with E-state index in [-0.39, 0.29) is 29.0 Å². The Labute approximate surface area is 121 Å². The summed E-state index contributed by atoms with van der Waals surface area (Å²) < 4.78 is 19.2. The first kappa shape index (κ1) is 15.4. The van der Waals surface area contributed by atoms with Crippen LogP contribution in [0.4, 0.5) is 10.1 Å². The number of carbonyl (C=O) groups is 2. The van der Waals surface area contributed by atoms with Gasteiger partial charge in [-0.1, -0.05) is 0 Å². The number of nitrogens with one attached hydrogen (secondary N) is 2.